The summed E-state index contributed by atoms with van der Waals surface area (Å²) in [6.07, 6.45) is 0. The van der Waals surface area contributed by atoms with E-state index in [2.05, 4.69) is 4.98 Å². The summed E-state index contributed by atoms with van der Waals surface area (Å²) in [5.41, 5.74) is 0.956. The summed E-state index contributed by atoms with van der Waals surface area (Å²) in [5, 5.41) is 9.53. The number of H-pyrrole nitrogens is 1. The maximum atomic E-state index is 12.6. The number of aliphatic hydroxyl groups excluding tert-OH is 1. The summed E-state index contributed by atoms with van der Waals surface area (Å²) in [6.45, 7) is 1.67. The number of thiophene rings is 1. The average molecular weight is 302 g/mol. The summed E-state index contributed by atoms with van der Waals surface area (Å²) in [7, 11) is 0. The van der Waals surface area contributed by atoms with Crippen molar-refractivity contribution in [2.24, 2.45) is 0 Å². The van der Waals surface area contributed by atoms with Gasteiger partial charge in [-0.1, -0.05) is 30.3 Å². The third-order valence-corrected chi connectivity index (χ3v) is 4.42. The largest absolute Gasteiger partial charge is 0.395 e. The second-order valence-electron chi connectivity index (χ2n) is 4.71. The van der Waals surface area contributed by atoms with Crippen molar-refractivity contribution in [2.45, 2.75) is 13.5 Å². The second-order valence-corrected chi connectivity index (χ2v) is 5.94. The van der Waals surface area contributed by atoms with Crippen molar-refractivity contribution in [3.05, 3.63) is 56.0 Å². The lowest BCUT2D eigenvalue weighted by atomic mass is 10.0. The highest BCUT2D eigenvalue weighted by molar-refractivity contribution is 7.19. The lowest BCUT2D eigenvalue weighted by molar-refractivity contribution is 0.272. The van der Waals surface area contributed by atoms with Gasteiger partial charge in [-0.05, 0) is 12.5 Å². The van der Waals surface area contributed by atoms with Crippen LogP contribution in [0.5, 0.6) is 0 Å². The van der Waals surface area contributed by atoms with Crippen LogP contribution in [0.2, 0.25) is 0 Å². The molecule has 108 valence electrons. The van der Waals surface area contributed by atoms with Crippen LogP contribution in [0.25, 0.3) is 21.3 Å². The van der Waals surface area contributed by atoms with Crippen LogP contribution in [0.4, 0.5) is 0 Å². The molecule has 0 radical (unpaired) electrons. The van der Waals surface area contributed by atoms with Gasteiger partial charge < -0.3 is 5.11 Å². The predicted molar refractivity (Wildman–Crippen MR) is 84.0 cm³/mol. The molecule has 2 heterocycles. The van der Waals surface area contributed by atoms with E-state index < -0.39 is 5.69 Å². The Balaban J connectivity index is 2.41. The van der Waals surface area contributed by atoms with Crippen LogP contribution in [0.3, 0.4) is 0 Å². The summed E-state index contributed by atoms with van der Waals surface area (Å²) in [5.74, 6) is 0. The number of benzene rings is 1. The van der Waals surface area contributed by atoms with E-state index in [0.717, 1.165) is 20.6 Å². The van der Waals surface area contributed by atoms with Crippen LogP contribution in [0, 0.1) is 6.92 Å². The Kier molecular flexibility index (Phi) is 3.48. The molecule has 1 aromatic carbocycles. The van der Waals surface area contributed by atoms with Gasteiger partial charge in [0.15, 0.2) is 0 Å². The molecule has 5 nitrogen and oxygen atoms in total. The third kappa shape index (κ3) is 2.22. The van der Waals surface area contributed by atoms with E-state index in [1.165, 1.54) is 11.3 Å². The minimum atomic E-state index is -0.484. The van der Waals surface area contributed by atoms with Crippen LogP contribution < -0.4 is 11.2 Å². The zero-order valence-corrected chi connectivity index (χ0v) is 12.2. The maximum Gasteiger partial charge on any atom is 0.329 e. The van der Waals surface area contributed by atoms with Crippen molar-refractivity contribution in [1.82, 2.24) is 9.55 Å². The first-order valence-electron chi connectivity index (χ1n) is 6.56. The lowest BCUT2D eigenvalue weighted by Gasteiger charge is -2.04. The highest BCUT2D eigenvalue weighted by Crippen LogP contribution is 2.34. The fourth-order valence-electron chi connectivity index (χ4n) is 2.48. The first-order valence-corrected chi connectivity index (χ1v) is 7.37. The molecule has 0 saturated carbocycles. The minimum Gasteiger partial charge on any atom is -0.395 e. The van der Waals surface area contributed by atoms with Gasteiger partial charge in [-0.3, -0.25) is 14.3 Å². The highest BCUT2D eigenvalue weighted by Gasteiger charge is 2.17. The Labute approximate surface area is 124 Å². The molecule has 0 saturated heterocycles. The summed E-state index contributed by atoms with van der Waals surface area (Å²) in [4.78, 5) is 28.8. The van der Waals surface area contributed by atoms with E-state index in [-0.39, 0.29) is 18.7 Å². The number of fused-ring (bicyclic) bond motifs is 1. The normalized spacial score (nSPS) is 11.1. The molecule has 0 unspecified atom stereocenters. The monoisotopic (exact) mass is 302 g/mol. The van der Waals surface area contributed by atoms with Crippen LogP contribution in [-0.4, -0.2) is 21.3 Å². The molecule has 0 bridgehead atoms. The van der Waals surface area contributed by atoms with E-state index in [0.29, 0.717) is 10.2 Å². The Morgan fingerprint density at radius 2 is 1.95 bits per heavy atom. The molecule has 6 heteroatoms. The molecule has 3 aromatic rings. The molecule has 0 aliphatic heterocycles. The molecular formula is C15H14N2O3S. The van der Waals surface area contributed by atoms with Crippen LogP contribution >= 0.6 is 11.3 Å². The van der Waals surface area contributed by atoms with E-state index in [1.807, 2.05) is 37.3 Å². The van der Waals surface area contributed by atoms with Crippen molar-refractivity contribution >= 4 is 21.6 Å². The van der Waals surface area contributed by atoms with Crippen LogP contribution in [0.15, 0.2) is 39.9 Å². The van der Waals surface area contributed by atoms with E-state index >= 15 is 0 Å². The Hall–Kier alpha value is -2.18. The van der Waals surface area contributed by atoms with Gasteiger partial charge in [-0.25, -0.2) is 4.79 Å². The van der Waals surface area contributed by atoms with E-state index in [9.17, 15) is 9.59 Å². The van der Waals surface area contributed by atoms with E-state index in [1.54, 1.807) is 0 Å². The number of nitrogens with zero attached hydrogens (tertiary/aromatic N) is 1. The number of aryl methyl sites for hydroxylation is 1. The molecule has 0 fully saturated rings. The number of nitrogens with one attached hydrogen (secondary N) is 1. The number of aromatic nitrogens is 2. The average Bonchev–Trinajstić information content (AvgIpc) is 2.80. The Morgan fingerprint density at radius 1 is 1.24 bits per heavy atom. The molecule has 0 atom stereocenters. The molecule has 2 N–H and O–H groups in total. The van der Waals surface area contributed by atoms with Crippen molar-refractivity contribution in [2.75, 3.05) is 6.61 Å². The topological polar surface area (TPSA) is 75.1 Å². The lowest BCUT2D eigenvalue weighted by Crippen LogP contribution is -2.35. The van der Waals surface area contributed by atoms with Gasteiger partial charge in [-0.2, -0.15) is 0 Å². The molecule has 0 aliphatic carbocycles. The fraction of sp³-hybridized carbons (Fsp3) is 0.200. The van der Waals surface area contributed by atoms with Crippen molar-refractivity contribution < 1.29 is 5.11 Å². The third-order valence-electron chi connectivity index (χ3n) is 3.39. The first-order chi connectivity index (χ1) is 10.1. The maximum absolute atomic E-state index is 12.6. The van der Waals surface area contributed by atoms with Gasteiger partial charge in [0.2, 0.25) is 0 Å². The SMILES string of the molecule is Cc1sc2[nH]c(=O)n(CCO)c(=O)c2c1-c1ccccc1. The molecule has 0 spiro atoms. The van der Waals surface area contributed by atoms with Gasteiger partial charge >= 0.3 is 5.69 Å². The second kappa shape index (κ2) is 5.31. The van der Waals surface area contributed by atoms with Crippen LogP contribution in [-0.2, 0) is 6.54 Å². The van der Waals surface area contributed by atoms with E-state index in [4.69, 9.17) is 5.11 Å². The molecule has 21 heavy (non-hydrogen) atoms. The molecule has 0 aliphatic rings. The quantitative estimate of drug-likeness (QED) is 0.773. The number of aliphatic hydroxyl groups is 1. The van der Waals surface area contributed by atoms with Crippen molar-refractivity contribution in [1.29, 1.82) is 0 Å². The Bertz CT molecular complexity index is 906. The number of hydrogen-bond acceptors (Lipinski definition) is 4. The van der Waals surface area contributed by atoms with Crippen LogP contribution in [0.1, 0.15) is 4.88 Å². The molecular weight excluding hydrogens is 288 g/mol. The minimum absolute atomic E-state index is 0.00672. The van der Waals surface area contributed by atoms with Crippen molar-refractivity contribution in [3.8, 4) is 11.1 Å². The fourth-order valence-corrected chi connectivity index (χ4v) is 3.54. The standard InChI is InChI=1S/C15H14N2O3S/c1-9-11(10-5-3-2-4-6-10)12-13(21-9)16-15(20)17(7-8-18)14(12)19/h2-6,18H,7-8H2,1H3,(H,16,20). The zero-order chi connectivity index (χ0) is 15.0. The molecule has 2 aromatic heterocycles. The zero-order valence-electron chi connectivity index (χ0n) is 11.4. The molecule has 3 rings (SSSR count). The first kappa shape index (κ1) is 13.8. The number of hydrogen-bond donors (Lipinski definition) is 2. The van der Waals surface area contributed by atoms with Gasteiger partial charge in [0.1, 0.15) is 4.83 Å². The molecule has 0 amide bonds. The van der Waals surface area contributed by atoms with Gasteiger partial charge in [0.25, 0.3) is 5.56 Å². The number of rotatable bonds is 3. The van der Waals surface area contributed by atoms with Gasteiger partial charge in [-0.15, -0.1) is 11.3 Å². The summed E-state index contributed by atoms with van der Waals surface area (Å²) < 4.78 is 1.04. The van der Waals surface area contributed by atoms with Gasteiger partial charge in [0.05, 0.1) is 18.5 Å². The predicted octanol–water partition coefficient (Wildman–Crippen LogP) is 1.72. The van der Waals surface area contributed by atoms with Crippen molar-refractivity contribution in [3.63, 3.8) is 0 Å². The smallest absolute Gasteiger partial charge is 0.329 e. The highest BCUT2D eigenvalue weighted by atomic mass is 32.1. The summed E-state index contributed by atoms with van der Waals surface area (Å²) in [6, 6.07) is 9.62. The Morgan fingerprint density at radius 3 is 2.62 bits per heavy atom. The van der Waals surface area contributed by atoms with Gasteiger partial charge in [0, 0.05) is 10.4 Å². The number of aromatic amines is 1. The summed E-state index contributed by atoms with van der Waals surface area (Å²) >= 11 is 1.40.